The van der Waals surface area contributed by atoms with Crippen molar-refractivity contribution in [3.8, 4) is 0 Å². The summed E-state index contributed by atoms with van der Waals surface area (Å²) >= 11 is 0. The van der Waals surface area contributed by atoms with E-state index >= 15 is 0 Å². The standard InChI is InChI=1S/C11H13FO3/c1-11(12,8-13)10(14)15-7-9-5-3-2-4-6-9/h2-6,13H,7-8H2,1H3/t11-/m1/s1. The summed E-state index contributed by atoms with van der Waals surface area (Å²) in [6, 6.07) is 8.95. The summed E-state index contributed by atoms with van der Waals surface area (Å²) < 4.78 is 17.9. The second kappa shape index (κ2) is 4.89. The Kier molecular flexibility index (Phi) is 3.80. The van der Waals surface area contributed by atoms with Crippen LogP contribution in [0.4, 0.5) is 4.39 Å². The third-order valence-electron chi connectivity index (χ3n) is 1.94. The highest BCUT2D eigenvalue weighted by molar-refractivity contribution is 5.79. The van der Waals surface area contributed by atoms with Gasteiger partial charge >= 0.3 is 5.97 Å². The lowest BCUT2D eigenvalue weighted by Gasteiger charge is -2.15. The van der Waals surface area contributed by atoms with E-state index in [0.29, 0.717) is 0 Å². The van der Waals surface area contributed by atoms with Gasteiger partial charge in [0.15, 0.2) is 0 Å². The fourth-order valence-electron chi connectivity index (χ4n) is 0.938. The third-order valence-corrected chi connectivity index (χ3v) is 1.94. The summed E-state index contributed by atoms with van der Waals surface area (Å²) in [5, 5.41) is 8.59. The van der Waals surface area contributed by atoms with Gasteiger partial charge in [-0.25, -0.2) is 9.18 Å². The van der Waals surface area contributed by atoms with E-state index in [1.165, 1.54) is 0 Å². The first-order chi connectivity index (χ1) is 7.06. The number of aliphatic hydroxyl groups excluding tert-OH is 1. The van der Waals surface area contributed by atoms with Gasteiger partial charge in [0, 0.05) is 0 Å². The van der Waals surface area contributed by atoms with Crippen LogP contribution < -0.4 is 0 Å². The highest BCUT2D eigenvalue weighted by Gasteiger charge is 2.33. The second-order valence-electron chi connectivity index (χ2n) is 3.42. The molecule has 0 fully saturated rings. The number of rotatable bonds is 4. The van der Waals surface area contributed by atoms with Crippen LogP contribution in [0.1, 0.15) is 12.5 Å². The predicted molar refractivity (Wildman–Crippen MR) is 52.8 cm³/mol. The quantitative estimate of drug-likeness (QED) is 0.768. The summed E-state index contributed by atoms with van der Waals surface area (Å²) in [5.74, 6) is -1.05. The molecule has 3 nitrogen and oxygen atoms in total. The molecule has 0 amide bonds. The number of esters is 1. The summed E-state index contributed by atoms with van der Waals surface area (Å²) in [7, 11) is 0. The molecule has 1 rings (SSSR count). The van der Waals surface area contributed by atoms with E-state index in [-0.39, 0.29) is 6.61 Å². The van der Waals surface area contributed by atoms with Gasteiger partial charge in [0.05, 0.1) is 6.61 Å². The van der Waals surface area contributed by atoms with Crippen LogP contribution in [0.2, 0.25) is 0 Å². The van der Waals surface area contributed by atoms with Crippen LogP contribution in [0.5, 0.6) is 0 Å². The molecule has 0 heterocycles. The maximum absolute atomic E-state index is 13.2. The van der Waals surface area contributed by atoms with Gasteiger partial charge in [-0.3, -0.25) is 0 Å². The molecule has 1 aromatic rings. The number of benzene rings is 1. The van der Waals surface area contributed by atoms with Gasteiger partial charge in [-0.1, -0.05) is 30.3 Å². The van der Waals surface area contributed by atoms with E-state index in [2.05, 4.69) is 0 Å². The maximum Gasteiger partial charge on any atom is 0.346 e. The molecule has 0 spiro atoms. The van der Waals surface area contributed by atoms with Gasteiger partial charge < -0.3 is 9.84 Å². The first-order valence-electron chi connectivity index (χ1n) is 4.57. The van der Waals surface area contributed by atoms with Crippen molar-refractivity contribution in [1.29, 1.82) is 0 Å². The first-order valence-corrected chi connectivity index (χ1v) is 4.57. The number of hydrogen-bond acceptors (Lipinski definition) is 3. The van der Waals surface area contributed by atoms with Crippen LogP contribution in [-0.4, -0.2) is 23.4 Å². The number of hydrogen-bond donors (Lipinski definition) is 1. The average Bonchev–Trinajstić information content (AvgIpc) is 2.27. The first kappa shape index (κ1) is 11.7. The minimum absolute atomic E-state index is 0.0131. The van der Waals surface area contributed by atoms with Crippen LogP contribution in [-0.2, 0) is 16.1 Å². The predicted octanol–water partition coefficient (Wildman–Crippen LogP) is 1.45. The number of carbonyl (C=O) groups is 1. The number of aliphatic hydroxyl groups is 1. The Morgan fingerprint density at radius 3 is 2.60 bits per heavy atom. The largest absolute Gasteiger partial charge is 0.458 e. The number of halogens is 1. The Morgan fingerprint density at radius 2 is 2.07 bits per heavy atom. The van der Waals surface area contributed by atoms with Gasteiger partial charge in [-0.05, 0) is 12.5 Å². The summed E-state index contributed by atoms with van der Waals surface area (Å²) in [4.78, 5) is 11.1. The zero-order valence-corrected chi connectivity index (χ0v) is 8.44. The van der Waals surface area contributed by atoms with E-state index in [1.807, 2.05) is 6.07 Å². The topological polar surface area (TPSA) is 46.5 Å². The summed E-state index contributed by atoms with van der Waals surface area (Å²) in [5.41, 5.74) is -1.55. The van der Waals surface area contributed by atoms with Crippen molar-refractivity contribution in [3.63, 3.8) is 0 Å². The van der Waals surface area contributed by atoms with Crippen molar-refractivity contribution in [1.82, 2.24) is 0 Å². The SMILES string of the molecule is C[C@@](F)(CO)C(=O)OCc1ccccc1. The molecule has 1 atom stereocenters. The fraction of sp³-hybridized carbons (Fsp3) is 0.364. The zero-order valence-electron chi connectivity index (χ0n) is 8.44. The molecule has 82 valence electrons. The Balaban J connectivity index is 2.48. The van der Waals surface area contributed by atoms with Crippen LogP contribution in [0.25, 0.3) is 0 Å². The molecular weight excluding hydrogens is 199 g/mol. The Hall–Kier alpha value is -1.42. The van der Waals surface area contributed by atoms with Crippen molar-refractivity contribution in [2.75, 3.05) is 6.61 Å². The monoisotopic (exact) mass is 212 g/mol. The fourth-order valence-corrected chi connectivity index (χ4v) is 0.938. The van der Waals surface area contributed by atoms with E-state index in [0.717, 1.165) is 12.5 Å². The molecule has 1 aromatic carbocycles. The lowest BCUT2D eigenvalue weighted by Crippen LogP contribution is -2.35. The number of ether oxygens (including phenoxy) is 1. The normalized spacial score (nSPS) is 14.3. The highest BCUT2D eigenvalue weighted by atomic mass is 19.1. The van der Waals surface area contributed by atoms with Crippen molar-refractivity contribution in [3.05, 3.63) is 35.9 Å². The molecule has 0 saturated carbocycles. The zero-order chi connectivity index (χ0) is 11.3. The van der Waals surface area contributed by atoms with E-state index in [9.17, 15) is 9.18 Å². The minimum Gasteiger partial charge on any atom is -0.458 e. The van der Waals surface area contributed by atoms with Gasteiger partial charge in [0.2, 0.25) is 5.67 Å². The van der Waals surface area contributed by atoms with Crippen LogP contribution >= 0.6 is 0 Å². The number of carbonyl (C=O) groups excluding carboxylic acids is 1. The molecule has 1 N–H and O–H groups in total. The third kappa shape index (κ3) is 3.32. The molecule has 0 saturated heterocycles. The van der Waals surface area contributed by atoms with Crippen LogP contribution in [0.15, 0.2) is 30.3 Å². The molecule has 4 heteroatoms. The van der Waals surface area contributed by atoms with Crippen molar-refractivity contribution < 1.29 is 19.0 Å². The van der Waals surface area contributed by atoms with Crippen molar-refractivity contribution >= 4 is 5.97 Å². The van der Waals surface area contributed by atoms with Crippen LogP contribution in [0.3, 0.4) is 0 Å². The molecule has 0 aliphatic carbocycles. The summed E-state index contributed by atoms with van der Waals surface area (Å²) in [6.45, 7) is 0.125. The van der Waals surface area contributed by atoms with Gasteiger partial charge in [-0.2, -0.15) is 0 Å². The van der Waals surface area contributed by atoms with E-state index in [4.69, 9.17) is 9.84 Å². The molecule has 15 heavy (non-hydrogen) atoms. The minimum atomic E-state index is -2.32. The summed E-state index contributed by atoms with van der Waals surface area (Å²) in [6.07, 6.45) is 0. The van der Waals surface area contributed by atoms with Crippen molar-refractivity contribution in [2.24, 2.45) is 0 Å². The Labute approximate surface area is 87.5 Å². The van der Waals surface area contributed by atoms with Crippen LogP contribution in [0, 0.1) is 0 Å². The Bertz CT molecular complexity index is 322. The van der Waals surface area contributed by atoms with E-state index in [1.54, 1.807) is 24.3 Å². The second-order valence-corrected chi connectivity index (χ2v) is 3.42. The molecule has 0 aliphatic rings. The lowest BCUT2D eigenvalue weighted by molar-refractivity contribution is -0.160. The number of alkyl halides is 1. The van der Waals surface area contributed by atoms with Gasteiger partial charge in [0.1, 0.15) is 6.61 Å². The molecule has 0 bridgehead atoms. The molecule has 0 aliphatic heterocycles. The van der Waals surface area contributed by atoms with E-state index < -0.39 is 18.2 Å². The Morgan fingerprint density at radius 1 is 1.47 bits per heavy atom. The molecule has 0 radical (unpaired) electrons. The van der Waals surface area contributed by atoms with Crippen molar-refractivity contribution in [2.45, 2.75) is 19.2 Å². The average molecular weight is 212 g/mol. The lowest BCUT2D eigenvalue weighted by atomic mass is 10.1. The highest BCUT2D eigenvalue weighted by Crippen LogP contribution is 2.12. The maximum atomic E-state index is 13.2. The molecular formula is C11H13FO3. The van der Waals surface area contributed by atoms with Gasteiger partial charge in [-0.15, -0.1) is 0 Å². The smallest absolute Gasteiger partial charge is 0.346 e. The van der Waals surface area contributed by atoms with Gasteiger partial charge in [0.25, 0.3) is 0 Å². The molecule has 0 aromatic heterocycles. The molecule has 0 unspecified atom stereocenters.